The van der Waals surface area contributed by atoms with Crippen LogP contribution in [-0.2, 0) is 23.9 Å². The Labute approximate surface area is 353 Å². The maximum absolute atomic E-state index is 14.7. The van der Waals surface area contributed by atoms with E-state index in [2.05, 4.69) is 31.9 Å². The van der Waals surface area contributed by atoms with Crippen molar-refractivity contribution < 1.29 is 38.2 Å². The zero-order valence-electron chi connectivity index (χ0n) is 32.3. The van der Waals surface area contributed by atoms with E-state index < -0.39 is 5.91 Å². The van der Waals surface area contributed by atoms with Crippen molar-refractivity contribution >= 4 is 102 Å². The molecule has 0 N–H and O–H groups in total. The van der Waals surface area contributed by atoms with E-state index in [4.69, 9.17) is 9.47 Å². The number of rotatable bonds is 22. The fraction of sp³-hybridized carbons (Fsp3) is 0.429. The summed E-state index contributed by atoms with van der Waals surface area (Å²) < 4.78 is 12.1. The molecule has 3 amide bonds. The highest BCUT2D eigenvalue weighted by atomic mass is 79.9. The molecule has 0 atom stereocenters. The van der Waals surface area contributed by atoms with Gasteiger partial charge in [0.2, 0.25) is 6.41 Å². The number of unbranched alkanes of at least 4 members (excludes halogenated alkanes) is 6. The quantitative estimate of drug-likeness (QED) is 0.0433. The molecule has 56 heavy (non-hydrogen) atoms. The van der Waals surface area contributed by atoms with Crippen molar-refractivity contribution in [1.82, 2.24) is 9.80 Å². The van der Waals surface area contributed by atoms with Crippen LogP contribution in [0.1, 0.15) is 115 Å². The first-order chi connectivity index (χ1) is 26.9. The molecule has 0 saturated heterocycles. The zero-order chi connectivity index (χ0) is 40.8. The second-order valence-corrected chi connectivity index (χ2v) is 18.3. The molecule has 0 spiro atoms. The number of aryl methyl sites for hydroxylation is 1. The number of benzene rings is 2. The Morgan fingerprint density at radius 2 is 1.23 bits per heavy atom. The Morgan fingerprint density at radius 3 is 1.73 bits per heavy atom. The van der Waals surface area contributed by atoms with Crippen molar-refractivity contribution in [3.05, 3.63) is 66.2 Å². The van der Waals surface area contributed by atoms with E-state index in [1.165, 1.54) is 22.7 Å². The molecule has 0 fully saturated rings. The third kappa shape index (κ3) is 11.7. The highest BCUT2D eigenvalue weighted by molar-refractivity contribution is 9.11. The van der Waals surface area contributed by atoms with Crippen LogP contribution in [0.15, 0.2) is 44.0 Å². The number of hydrogen-bond acceptors (Lipinski definition) is 10. The number of amides is 3. The van der Waals surface area contributed by atoms with Crippen molar-refractivity contribution in [2.24, 2.45) is 0 Å². The molecule has 2 aromatic heterocycles. The van der Waals surface area contributed by atoms with Crippen LogP contribution in [0.4, 0.5) is 0 Å². The molecule has 4 aromatic rings. The Morgan fingerprint density at radius 1 is 0.696 bits per heavy atom. The van der Waals surface area contributed by atoms with Crippen LogP contribution in [-0.4, -0.2) is 79.6 Å². The fourth-order valence-corrected chi connectivity index (χ4v) is 9.32. The third-order valence-electron chi connectivity index (χ3n) is 9.46. The highest BCUT2D eigenvalue weighted by Crippen LogP contribution is 2.44. The molecule has 10 nitrogen and oxygen atoms in total. The van der Waals surface area contributed by atoms with Crippen LogP contribution in [0.25, 0.3) is 31.7 Å². The molecule has 0 aliphatic carbocycles. The van der Waals surface area contributed by atoms with E-state index in [1.807, 2.05) is 31.2 Å². The minimum atomic E-state index is -0.528. The monoisotopic (exact) mass is 930 g/mol. The van der Waals surface area contributed by atoms with Gasteiger partial charge in [0.05, 0.1) is 26.4 Å². The Kier molecular flexibility index (Phi) is 17.9. The van der Waals surface area contributed by atoms with Gasteiger partial charge in [-0.1, -0.05) is 26.7 Å². The van der Waals surface area contributed by atoms with Crippen molar-refractivity contribution in [2.45, 2.75) is 85.0 Å². The lowest BCUT2D eigenvalue weighted by molar-refractivity contribution is -0.144. The molecular weight excluding hydrogens is 884 g/mol. The average molecular weight is 933 g/mol. The molecule has 0 saturated carbocycles. The number of halogens is 2. The molecule has 4 rings (SSSR count). The lowest BCUT2D eigenvalue weighted by Crippen LogP contribution is -2.32. The van der Waals surface area contributed by atoms with E-state index in [1.54, 1.807) is 37.9 Å². The number of fused-ring (bicyclic) bond motifs is 1. The van der Waals surface area contributed by atoms with Gasteiger partial charge in [-0.25, -0.2) is 0 Å². The SMILES string of the molecule is CCC(=O)OCCCCCCN(C)C(=O)c1c(-c2ccc(Br)s2)cc(C(=O)N(C=O)CCCCCCOC(=O)CC)c2c(C)c(-c3ccc(Br)s3)cc(C=O)c12. The summed E-state index contributed by atoms with van der Waals surface area (Å²) in [5, 5.41) is 0.811. The molecule has 0 aliphatic rings. The lowest BCUT2D eigenvalue weighted by Gasteiger charge is -2.25. The van der Waals surface area contributed by atoms with E-state index in [0.717, 1.165) is 54.9 Å². The largest absolute Gasteiger partial charge is 0.466 e. The molecule has 0 radical (unpaired) electrons. The lowest BCUT2D eigenvalue weighted by atomic mass is 9.85. The summed E-state index contributed by atoms with van der Waals surface area (Å²) in [5.74, 6) is -1.29. The van der Waals surface area contributed by atoms with Gasteiger partial charge in [-0.3, -0.25) is 33.7 Å². The fourth-order valence-electron chi connectivity index (χ4n) is 6.45. The maximum atomic E-state index is 14.7. The first-order valence-electron chi connectivity index (χ1n) is 18.9. The Balaban J connectivity index is 1.78. The Bertz CT molecular complexity index is 2040. The maximum Gasteiger partial charge on any atom is 0.305 e. The molecule has 300 valence electrons. The number of imide groups is 1. The summed E-state index contributed by atoms with van der Waals surface area (Å²) >= 11 is 9.98. The van der Waals surface area contributed by atoms with Crippen LogP contribution in [0, 0.1) is 6.92 Å². The van der Waals surface area contributed by atoms with Gasteiger partial charge in [0.15, 0.2) is 6.29 Å². The molecule has 2 heterocycles. The minimum Gasteiger partial charge on any atom is -0.466 e. The normalized spacial score (nSPS) is 11.0. The second-order valence-electron chi connectivity index (χ2n) is 13.4. The van der Waals surface area contributed by atoms with Gasteiger partial charge in [-0.05, 0) is 130 Å². The molecule has 0 unspecified atom stereocenters. The van der Waals surface area contributed by atoms with Crippen molar-refractivity contribution in [1.29, 1.82) is 0 Å². The number of esters is 2. The van der Waals surface area contributed by atoms with E-state index in [0.29, 0.717) is 97.0 Å². The van der Waals surface area contributed by atoms with Crippen LogP contribution < -0.4 is 0 Å². The van der Waals surface area contributed by atoms with Gasteiger partial charge in [-0.15, -0.1) is 22.7 Å². The van der Waals surface area contributed by atoms with Crippen LogP contribution in [0.5, 0.6) is 0 Å². The number of thiophene rings is 2. The molecule has 0 bridgehead atoms. The third-order valence-corrected chi connectivity index (χ3v) is 12.8. The Hall–Kier alpha value is -3.72. The average Bonchev–Trinajstić information content (AvgIpc) is 3.84. The summed E-state index contributed by atoms with van der Waals surface area (Å²) in [6, 6.07) is 11.1. The predicted molar refractivity (Wildman–Crippen MR) is 230 cm³/mol. The number of hydrogen-bond donors (Lipinski definition) is 0. The topological polar surface area (TPSA) is 127 Å². The number of aldehydes is 1. The first kappa shape index (κ1) is 45.0. The summed E-state index contributed by atoms with van der Waals surface area (Å²) in [7, 11) is 1.73. The number of carbonyl (C=O) groups is 6. The summed E-state index contributed by atoms with van der Waals surface area (Å²) in [6.07, 6.45) is 7.76. The molecule has 14 heteroatoms. The van der Waals surface area contributed by atoms with Gasteiger partial charge in [0.25, 0.3) is 11.8 Å². The van der Waals surface area contributed by atoms with Gasteiger partial charge in [0, 0.05) is 64.8 Å². The molecule has 0 aliphatic heterocycles. The van der Waals surface area contributed by atoms with Crippen molar-refractivity contribution in [3.63, 3.8) is 0 Å². The van der Waals surface area contributed by atoms with E-state index in [9.17, 15) is 28.8 Å². The molecular formula is C42H48Br2N2O8S2. The number of carbonyl (C=O) groups excluding carboxylic acids is 6. The standard InChI is InChI=1S/C42H48Br2N2O8S2/c1-5-36(49)53-21-13-9-7-11-19-45(4)42(52)40-30(33-16-18-35(44)56-33)24-31(41(51)46(26-48)20-12-8-10-14-22-54-37(50)6-2)38-27(3)29(23-28(25-47)39(38)40)32-15-17-34(43)55-32/h15-18,23-26H,5-14,19-22H2,1-4H3. The molecule has 2 aromatic carbocycles. The van der Waals surface area contributed by atoms with Gasteiger partial charge in [-0.2, -0.15) is 0 Å². The number of ether oxygens (including phenoxy) is 2. The van der Waals surface area contributed by atoms with Crippen LogP contribution in [0.3, 0.4) is 0 Å². The van der Waals surface area contributed by atoms with Gasteiger partial charge in [0.1, 0.15) is 0 Å². The van der Waals surface area contributed by atoms with E-state index in [-0.39, 0.29) is 35.5 Å². The zero-order valence-corrected chi connectivity index (χ0v) is 37.1. The van der Waals surface area contributed by atoms with Gasteiger partial charge < -0.3 is 14.4 Å². The second kappa shape index (κ2) is 22.3. The van der Waals surface area contributed by atoms with Crippen molar-refractivity contribution in [2.75, 3.05) is 33.4 Å². The van der Waals surface area contributed by atoms with E-state index >= 15 is 0 Å². The smallest absolute Gasteiger partial charge is 0.305 e. The van der Waals surface area contributed by atoms with Crippen molar-refractivity contribution in [3.8, 4) is 20.9 Å². The summed E-state index contributed by atoms with van der Waals surface area (Å²) in [6.45, 7) is 6.69. The first-order valence-corrected chi connectivity index (χ1v) is 22.1. The summed E-state index contributed by atoms with van der Waals surface area (Å²) in [4.78, 5) is 82.3. The number of nitrogens with zero attached hydrogens (tertiary/aromatic N) is 2. The highest BCUT2D eigenvalue weighted by Gasteiger charge is 2.30. The van der Waals surface area contributed by atoms with Crippen LogP contribution >= 0.6 is 54.5 Å². The van der Waals surface area contributed by atoms with Crippen LogP contribution in [0.2, 0.25) is 0 Å². The minimum absolute atomic E-state index is 0.167. The predicted octanol–water partition coefficient (Wildman–Crippen LogP) is 10.6. The summed E-state index contributed by atoms with van der Waals surface area (Å²) in [5.41, 5.74) is 2.73. The van der Waals surface area contributed by atoms with Gasteiger partial charge >= 0.3 is 11.9 Å².